The summed E-state index contributed by atoms with van der Waals surface area (Å²) in [6.07, 6.45) is 5.08. The van der Waals surface area contributed by atoms with Crippen molar-refractivity contribution in [1.29, 1.82) is 0 Å². The number of hydrogen-bond donors (Lipinski definition) is 1. The Labute approximate surface area is 300 Å². The van der Waals surface area contributed by atoms with Crippen molar-refractivity contribution >= 4 is 43.5 Å². The second kappa shape index (κ2) is 16.1. The molecule has 4 aromatic carbocycles. The number of carbonyl (C=O) groups excluding carboxylic acids is 2. The van der Waals surface area contributed by atoms with Crippen molar-refractivity contribution in [3.05, 3.63) is 118 Å². The lowest BCUT2D eigenvalue weighted by Crippen LogP contribution is -2.55. The molecule has 4 aromatic rings. The molecule has 0 aromatic heterocycles. The van der Waals surface area contributed by atoms with E-state index in [1.807, 2.05) is 54.6 Å². The van der Waals surface area contributed by atoms with Crippen LogP contribution in [0.5, 0.6) is 11.5 Å². The van der Waals surface area contributed by atoms with Gasteiger partial charge in [-0.1, -0.05) is 77.7 Å². The highest BCUT2D eigenvalue weighted by molar-refractivity contribution is 9.10. The summed E-state index contributed by atoms with van der Waals surface area (Å²) >= 11 is 3.46. The molecule has 6 rings (SSSR count). The fourth-order valence-corrected chi connectivity index (χ4v) is 8.03. The Morgan fingerprint density at radius 3 is 2.22 bits per heavy atom. The highest BCUT2D eigenvalue weighted by Crippen LogP contribution is 2.34. The average Bonchev–Trinajstić information content (AvgIpc) is 3.13. The zero-order chi connectivity index (χ0) is 35.1. The summed E-state index contributed by atoms with van der Waals surface area (Å²) in [7, 11) is -4.41. The number of anilines is 1. The molecule has 1 aliphatic heterocycles. The van der Waals surface area contributed by atoms with E-state index < -0.39 is 34.3 Å². The van der Waals surface area contributed by atoms with Gasteiger partial charge in [-0.25, -0.2) is 12.8 Å². The van der Waals surface area contributed by atoms with Crippen LogP contribution in [-0.2, 0) is 32.6 Å². The molecule has 0 radical (unpaired) electrons. The van der Waals surface area contributed by atoms with Gasteiger partial charge in [-0.15, -0.1) is 0 Å². The molecule has 0 spiro atoms. The Balaban J connectivity index is 1.39. The van der Waals surface area contributed by atoms with E-state index in [0.717, 1.165) is 64.1 Å². The molecule has 2 amide bonds. The molecule has 12 heteroatoms. The summed E-state index contributed by atoms with van der Waals surface area (Å²) in [5.74, 6) is -0.779. The summed E-state index contributed by atoms with van der Waals surface area (Å²) in [6, 6.07) is 25.1. The molecule has 1 aliphatic carbocycles. The highest BCUT2D eigenvalue weighted by atomic mass is 79.9. The lowest BCUT2D eigenvalue weighted by Gasteiger charge is -2.35. The van der Waals surface area contributed by atoms with Crippen LogP contribution >= 0.6 is 15.9 Å². The molecule has 262 valence electrons. The van der Waals surface area contributed by atoms with Crippen molar-refractivity contribution in [3.8, 4) is 11.5 Å². The summed E-state index contributed by atoms with van der Waals surface area (Å²) in [5, 5.41) is 3.21. The summed E-state index contributed by atoms with van der Waals surface area (Å²) in [5.41, 5.74) is 1.70. The lowest BCUT2D eigenvalue weighted by molar-refractivity contribution is -0.140. The third kappa shape index (κ3) is 8.65. The molecule has 1 heterocycles. The van der Waals surface area contributed by atoms with Gasteiger partial charge in [0.2, 0.25) is 11.8 Å². The fraction of sp³-hybridized carbons (Fsp3) is 0.316. The van der Waals surface area contributed by atoms with Crippen LogP contribution in [0.2, 0.25) is 0 Å². The second-order valence-corrected chi connectivity index (χ2v) is 15.3. The first kappa shape index (κ1) is 35.4. The van der Waals surface area contributed by atoms with Crippen molar-refractivity contribution in [2.45, 2.75) is 62.0 Å². The average molecular weight is 765 g/mol. The van der Waals surface area contributed by atoms with Gasteiger partial charge >= 0.3 is 0 Å². The highest BCUT2D eigenvalue weighted by Gasteiger charge is 2.36. The SMILES string of the molecule is O=C(NC1CCCCC1)[C@@H](Cc1ccccc1)N(Cc1ccc(Br)cc1)C(=O)CN(c1ccc(F)cc1)S(=O)(=O)c1ccc2c(c1)OCCO2. The first-order chi connectivity index (χ1) is 24.2. The second-order valence-electron chi connectivity index (χ2n) is 12.5. The largest absolute Gasteiger partial charge is 0.486 e. The van der Waals surface area contributed by atoms with Crippen molar-refractivity contribution in [2.24, 2.45) is 0 Å². The topological polar surface area (TPSA) is 105 Å². The molecule has 0 saturated heterocycles. The smallest absolute Gasteiger partial charge is 0.264 e. The van der Waals surface area contributed by atoms with Crippen LogP contribution in [0, 0.1) is 5.82 Å². The molecular formula is C38H39BrFN3O6S. The van der Waals surface area contributed by atoms with Crippen LogP contribution in [0.25, 0.3) is 0 Å². The number of rotatable bonds is 12. The first-order valence-corrected chi connectivity index (χ1v) is 19.0. The number of carbonyl (C=O) groups is 2. The number of benzene rings is 4. The zero-order valence-corrected chi connectivity index (χ0v) is 29.9. The molecule has 9 nitrogen and oxygen atoms in total. The molecular weight excluding hydrogens is 725 g/mol. The number of halogens is 2. The predicted octanol–water partition coefficient (Wildman–Crippen LogP) is 6.64. The maximum absolute atomic E-state index is 14.7. The van der Waals surface area contributed by atoms with E-state index in [2.05, 4.69) is 21.2 Å². The number of fused-ring (bicyclic) bond motifs is 1. The summed E-state index contributed by atoms with van der Waals surface area (Å²) in [4.78, 5) is 30.3. The Kier molecular flexibility index (Phi) is 11.4. The number of amides is 2. The van der Waals surface area contributed by atoms with E-state index in [1.165, 1.54) is 35.2 Å². The molecule has 1 N–H and O–H groups in total. The number of ether oxygens (including phenoxy) is 2. The Morgan fingerprint density at radius 2 is 1.52 bits per heavy atom. The Bertz CT molecular complexity index is 1890. The van der Waals surface area contributed by atoms with Crippen LogP contribution in [0.3, 0.4) is 0 Å². The third-order valence-electron chi connectivity index (χ3n) is 8.98. The van der Waals surface area contributed by atoms with Crippen molar-refractivity contribution in [3.63, 3.8) is 0 Å². The number of sulfonamides is 1. The molecule has 2 aliphatic rings. The van der Waals surface area contributed by atoms with Crippen LogP contribution in [0.15, 0.2) is 106 Å². The van der Waals surface area contributed by atoms with Crippen molar-refractivity contribution in [2.75, 3.05) is 24.1 Å². The van der Waals surface area contributed by atoms with Gasteiger partial charge in [0.05, 0.1) is 10.6 Å². The van der Waals surface area contributed by atoms with Gasteiger partial charge < -0.3 is 19.7 Å². The normalized spacial score (nSPS) is 15.2. The van der Waals surface area contributed by atoms with Gasteiger partial charge in [0, 0.05) is 29.5 Å². The first-order valence-electron chi connectivity index (χ1n) is 16.7. The van der Waals surface area contributed by atoms with Crippen LogP contribution in [0.1, 0.15) is 43.2 Å². The van der Waals surface area contributed by atoms with Gasteiger partial charge in [0.1, 0.15) is 31.6 Å². The standard InChI is InChI=1S/C38H39BrFN3O6S/c39-29-13-11-28(12-14-29)25-42(34(23-27-7-3-1-4-8-27)38(45)41-31-9-5-2-6-10-31)37(44)26-43(32-17-15-30(40)16-18-32)50(46,47)33-19-20-35-36(24-33)49-22-21-48-35/h1,3-4,7-8,11-20,24,31,34H,2,5-6,9-10,21-23,25-26H2,(H,41,45)/t34-/m1/s1. The van der Waals surface area contributed by atoms with Gasteiger partial charge in [-0.3, -0.25) is 13.9 Å². The summed E-state index contributed by atoms with van der Waals surface area (Å²) < 4.78 is 55.9. The van der Waals surface area contributed by atoms with E-state index in [1.54, 1.807) is 0 Å². The third-order valence-corrected chi connectivity index (χ3v) is 11.3. The minimum Gasteiger partial charge on any atom is -0.486 e. The van der Waals surface area contributed by atoms with E-state index in [0.29, 0.717) is 12.4 Å². The molecule has 50 heavy (non-hydrogen) atoms. The van der Waals surface area contributed by atoms with Crippen molar-refractivity contribution < 1.29 is 31.9 Å². The molecule has 1 saturated carbocycles. The monoisotopic (exact) mass is 763 g/mol. The van der Waals surface area contributed by atoms with Crippen LogP contribution in [-0.4, -0.2) is 57.0 Å². The predicted molar refractivity (Wildman–Crippen MR) is 192 cm³/mol. The van der Waals surface area contributed by atoms with Gasteiger partial charge in [0.15, 0.2) is 11.5 Å². The fourth-order valence-electron chi connectivity index (χ4n) is 6.33. The van der Waals surface area contributed by atoms with Gasteiger partial charge in [-0.05, 0) is 72.5 Å². The van der Waals surface area contributed by atoms with Crippen LogP contribution < -0.4 is 19.1 Å². The molecule has 0 unspecified atom stereocenters. The minimum atomic E-state index is -4.41. The molecule has 1 atom stereocenters. The van der Waals surface area contributed by atoms with Crippen LogP contribution in [0.4, 0.5) is 10.1 Å². The Hall–Kier alpha value is -4.42. The Morgan fingerprint density at radius 1 is 0.840 bits per heavy atom. The summed E-state index contributed by atoms with van der Waals surface area (Å²) in [6.45, 7) is -0.0145. The van der Waals surface area contributed by atoms with E-state index >= 15 is 0 Å². The zero-order valence-electron chi connectivity index (χ0n) is 27.5. The number of hydrogen-bond acceptors (Lipinski definition) is 6. The van der Waals surface area contributed by atoms with E-state index in [4.69, 9.17) is 9.47 Å². The van der Waals surface area contributed by atoms with Crippen molar-refractivity contribution in [1.82, 2.24) is 10.2 Å². The van der Waals surface area contributed by atoms with Gasteiger partial charge in [0.25, 0.3) is 10.0 Å². The maximum atomic E-state index is 14.7. The quantitative estimate of drug-likeness (QED) is 0.174. The maximum Gasteiger partial charge on any atom is 0.264 e. The van der Waals surface area contributed by atoms with Gasteiger partial charge in [-0.2, -0.15) is 0 Å². The number of nitrogens with one attached hydrogen (secondary N) is 1. The lowest BCUT2D eigenvalue weighted by atomic mass is 9.94. The van der Waals surface area contributed by atoms with E-state index in [9.17, 15) is 22.4 Å². The number of nitrogens with zero attached hydrogens (tertiary/aromatic N) is 2. The molecule has 1 fully saturated rings. The minimum absolute atomic E-state index is 0.00884. The molecule has 0 bridgehead atoms. The van der Waals surface area contributed by atoms with E-state index in [-0.39, 0.29) is 47.9 Å².